The molecular weight excluding hydrogens is 318 g/mol. The van der Waals surface area contributed by atoms with E-state index in [0.717, 1.165) is 0 Å². The Bertz CT molecular complexity index is 838. The van der Waals surface area contributed by atoms with Crippen LogP contribution < -0.4 is 5.56 Å². The fourth-order valence-corrected chi connectivity index (χ4v) is 2.83. The monoisotopic (exact) mass is 327 g/mol. The van der Waals surface area contributed by atoms with Crippen molar-refractivity contribution in [3.63, 3.8) is 0 Å². The van der Waals surface area contributed by atoms with Crippen molar-refractivity contribution in [3.05, 3.63) is 31.9 Å². The van der Waals surface area contributed by atoms with Crippen LogP contribution in [-0.2, 0) is 16.0 Å². The van der Waals surface area contributed by atoms with Gasteiger partial charge in [0.1, 0.15) is 4.83 Å². The van der Waals surface area contributed by atoms with Crippen LogP contribution >= 0.6 is 11.3 Å². The standard InChI is InChI=1S/C11H9N3O7S/c1-2-21-5(15)3-4-6-8(16)12-7(11(17)18)13-9(6)22-10(4)14(19)20/h2-3H2,1H3,(H,17,18)(H,12,13,16). The molecule has 0 unspecified atom stereocenters. The van der Waals surface area contributed by atoms with Gasteiger partial charge in [0.25, 0.3) is 5.56 Å². The summed E-state index contributed by atoms with van der Waals surface area (Å²) in [6.07, 6.45) is -0.471. The Kier molecular flexibility index (Phi) is 4.17. The highest BCUT2D eigenvalue weighted by Crippen LogP contribution is 2.34. The van der Waals surface area contributed by atoms with Gasteiger partial charge in [-0.15, -0.1) is 0 Å². The molecule has 0 fully saturated rings. The van der Waals surface area contributed by atoms with E-state index in [4.69, 9.17) is 9.84 Å². The molecule has 0 saturated carbocycles. The van der Waals surface area contributed by atoms with Crippen LogP contribution in [0.4, 0.5) is 5.00 Å². The number of carboxylic acids is 1. The molecule has 0 aliphatic heterocycles. The Balaban J connectivity index is 2.69. The number of aromatic carboxylic acids is 1. The van der Waals surface area contributed by atoms with Crippen LogP contribution in [-0.4, -0.2) is 38.5 Å². The van der Waals surface area contributed by atoms with Gasteiger partial charge in [-0.2, -0.15) is 0 Å². The molecule has 0 aliphatic carbocycles. The number of nitrogens with one attached hydrogen (secondary N) is 1. The highest BCUT2D eigenvalue weighted by atomic mass is 32.1. The maximum Gasteiger partial charge on any atom is 0.372 e. The Morgan fingerprint density at radius 3 is 2.73 bits per heavy atom. The number of carboxylic acid groups (broad SMARTS) is 1. The zero-order valence-electron chi connectivity index (χ0n) is 11.1. The number of esters is 1. The highest BCUT2D eigenvalue weighted by molar-refractivity contribution is 7.21. The van der Waals surface area contributed by atoms with Crippen LogP contribution in [0.25, 0.3) is 10.2 Å². The Morgan fingerprint density at radius 1 is 1.50 bits per heavy atom. The van der Waals surface area contributed by atoms with Crippen molar-refractivity contribution in [2.45, 2.75) is 13.3 Å². The largest absolute Gasteiger partial charge is 0.475 e. The van der Waals surface area contributed by atoms with Gasteiger partial charge in [0.2, 0.25) is 5.82 Å². The predicted molar refractivity (Wildman–Crippen MR) is 74.2 cm³/mol. The molecule has 2 N–H and O–H groups in total. The Morgan fingerprint density at radius 2 is 2.18 bits per heavy atom. The number of aromatic nitrogens is 2. The summed E-state index contributed by atoms with van der Waals surface area (Å²) in [7, 11) is 0. The third-order valence-electron chi connectivity index (χ3n) is 2.63. The fraction of sp³-hybridized carbons (Fsp3) is 0.273. The lowest BCUT2D eigenvalue weighted by Crippen LogP contribution is -2.17. The molecule has 0 radical (unpaired) electrons. The third kappa shape index (κ3) is 2.79. The summed E-state index contributed by atoms with van der Waals surface area (Å²) in [5.41, 5.74) is -0.986. The molecule has 0 aliphatic rings. The minimum Gasteiger partial charge on any atom is -0.475 e. The van der Waals surface area contributed by atoms with Crippen LogP contribution in [0.5, 0.6) is 0 Å². The summed E-state index contributed by atoms with van der Waals surface area (Å²) in [5.74, 6) is -2.83. The number of hydrogen-bond donors (Lipinski definition) is 2. The Hall–Kier alpha value is -2.82. The average Bonchev–Trinajstić information content (AvgIpc) is 2.78. The summed E-state index contributed by atoms with van der Waals surface area (Å²) in [4.78, 5) is 50.2. The van der Waals surface area contributed by atoms with Crippen molar-refractivity contribution >= 4 is 38.5 Å². The van der Waals surface area contributed by atoms with Gasteiger partial charge < -0.3 is 14.8 Å². The topological polar surface area (TPSA) is 152 Å². The second-order valence-corrected chi connectivity index (χ2v) is 5.00. The second kappa shape index (κ2) is 5.89. The molecule has 0 aromatic carbocycles. The van der Waals surface area contributed by atoms with Crippen LogP contribution in [0, 0.1) is 10.1 Å². The van der Waals surface area contributed by atoms with Crippen molar-refractivity contribution in [3.8, 4) is 0 Å². The molecule has 116 valence electrons. The zero-order chi connectivity index (χ0) is 16.4. The lowest BCUT2D eigenvalue weighted by Gasteiger charge is -2.00. The minimum atomic E-state index is -1.47. The first-order valence-electron chi connectivity index (χ1n) is 5.94. The van der Waals surface area contributed by atoms with Gasteiger partial charge in [-0.05, 0) is 18.3 Å². The van der Waals surface area contributed by atoms with Crippen LogP contribution in [0.1, 0.15) is 23.1 Å². The predicted octanol–water partition coefficient (Wildman–Crippen LogP) is 0.697. The van der Waals surface area contributed by atoms with Crippen molar-refractivity contribution in [1.82, 2.24) is 9.97 Å². The quantitative estimate of drug-likeness (QED) is 0.462. The van der Waals surface area contributed by atoms with Gasteiger partial charge >= 0.3 is 16.9 Å². The maximum atomic E-state index is 12.0. The van der Waals surface area contributed by atoms with Gasteiger partial charge in [0.05, 0.1) is 28.9 Å². The van der Waals surface area contributed by atoms with Crippen LogP contribution in [0.3, 0.4) is 0 Å². The van der Waals surface area contributed by atoms with E-state index < -0.39 is 39.7 Å². The first-order chi connectivity index (χ1) is 10.3. The molecule has 0 bridgehead atoms. The highest BCUT2D eigenvalue weighted by Gasteiger charge is 2.27. The number of rotatable bonds is 5. The lowest BCUT2D eigenvalue weighted by molar-refractivity contribution is -0.380. The second-order valence-electron chi connectivity index (χ2n) is 4.02. The third-order valence-corrected chi connectivity index (χ3v) is 3.71. The van der Waals surface area contributed by atoms with Crippen molar-refractivity contribution in [2.75, 3.05) is 6.61 Å². The van der Waals surface area contributed by atoms with Crippen molar-refractivity contribution < 1.29 is 24.4 Å². The van der Waals surface area contributed by atoms with Gasteiger partial charge in [0.15, 0.2) is 0 Å². The van der Waals surface area contributed by atoms with E-state index in [1.54, 1.807) is 6.92 Å². The zero-order valence-corrected chi connectivity index (χ0v) is 11.9. The smallest absolute Gasteiger partial charge is 0.372 e. The van der Waals surface area contributed by atoms with Crippen LogP contribution in [0.2, 0.25) is 0 Å². The molecule has 2 heterocycles. The van der Waals surface area contributed by atoms with E-state index in [2.05, 4.69) is 4.98 Å². The molecule has 2 rings (SSSR count). The Labute approximate surface area is 125 Å². The number of nitro groups is 1. The van der Waals surface area contributed by atoms with Crippen molar-refractivity contribution in [1.29, 1.82) is 0 Å². The molecule has 0 atom stereocenters. The van der Waals surface area contributed by atoms with E-state index in [9.17, 15) is 24.5 Å². The number of carbonyl (C=O) groups excluding carboxylic acids is 1. The SMILES string of the molecule is CCOC(=O)Cc1c([N+](=O)[O-])sc2nc(C(=O)O)[nH]c(=O)c12. The lowest BCUT2D eigenvalue weighted by atomic mass is 10.1. The van der Waals surface area contributed by atoms with E-state index in [1.165, 1.54) is 0 Å². The van der Waals surface area contributed by atoms with E-state index in [1.807, 2.05) is 4.98 Å². The summed E-state index contributed by atoms with van der Waals surface area (Å²) in [6, 6.07) is 0. The van der Waals surface area contributed by atoms with Gasteiger partial charge in [-0.1, -0.05) is 0 Å². The number of ether oxygens (including phenoxy) is 1. The van der Waals surface area contributed by atoms with E-state index in [-0.39, 0.29) is 22.4 Å². The molecule has 0 spiro atoms. The minimum absolute atomic E-state index is 0.0898. The first kappa shape index (κ1) is 15.6. The molecule has 0 amide bonds. The molecule has 10 nitrogen and oxygen atoms in total. The number of H-pyrrole nitrogens is 1. The number of carbonyl (C=O) groups is 2. The average molecular weight is 327 g/mol. The summed E-state index contributed by atoms with van der Waals surface area (Å²) >= 11 is 0.537. The number of fused-ring (bicyclic) bond motifs is 1. The van der Waals surface area contributed by atoms with Gasteiger partial charge in [-0.25, -0.2) is 9.78 Å². The molecule has 22 heavy (non-hydrogen) atoms. The molecule has 11 heteroatoms. The number of aromatic amines is 1. The van der Waals surface area contributed by atoms with E-state index in [0.29, 0.717) is 11.3 Å². The summed E-state index contributed by atoms with van der Waals surface area (Å²) < 4.78 is 4.72. The summed E-state index contributed by atoms with van der Waals surface area (Å²) in [5, 5.41) is 19.3. The number of nitrogens with zero attached hydrogens (tertiary/aromatic N) is 2. The van der Waals surface area contributed by atoms with Crippen molar-refractivity contribution in [2.24, 2.45) is 0 Å². The molecule has 2 aromatic heterocycles. The van der Waals surface area contributed by atoms with Gasteiger partial charge in [-0.3, -0.25) is 19.7 Å². The molecule has 0 saturated heterocycles. The molecular formula is C11H9N3O7S. The maximum absolute atomic E-state index is 12.0. The summed E-state index contributed by atoms with van der Waals surface area (Å²) in [6.45, 7) is 1.66. The molecule has 2 aromatic rings. The van der Waals surface area contributed by atoms with E-state index >= 15 is 0 Å². The van der Waals surface area contributed by atoms with Crippen LogP contribution in [0.15, 0.2) is 4.79 Å². The van der Waals surface area contributed by atoms with Gasteiger partial charge in [0, 0.05) is 0 Å². The fourth-order valence-electron chi connectivity index (χ4n) is 1.82. The normalized spacial score (nSPS) is 10.6. The number of hydrogen-bond acceptors (Lipinski definition) is 8. The number of thiophene rings is 1. The first-order valence-corrected chi connectivity index (χ1v) is 6.75.